The van der Waals surface area contributed by atoms with Gasteiger partial charge in [0.25, 0.3) is 11.5 Å². The zero-order chi connectivity index (χ0) is 24.3. The van der Waals surface area contributed by atoms with E-state index in [9.17, 15) is 27.6 Å². The van der Waals surface area contributed by atoms with Crippen LogP contribution in [0.3, 0.4) is 0 Å². The summed E-state index contributed by atoms with van der Waals surface area (Å²) in [5, 5.41) is 6.67. The van der Waals surface area contributed by atoms with Gasteiger partial charge in [-0.1, -0.05) is 6.07 Å². The van der Waals surface area contributed by atoms with Gasteiger partial charge in [0.05, 0.1) is 35.2 Å². The van der Waals surface area contributed by atoms with Crippen LogP contribution in [0.1, 0.15) is 44.5 Å². The number of carbonyl (C=O) groups excluding carboxylic acids is 2. The second-order valence-corrected chi connectivity index (χ2v) is 7.01. The second-order valence-electron chi connectivity index (χ2n) is 7.01. The molecule has 11 heteroatoms. The number of carbonyl (C=O) groups is 2. The van der Waals surface area contributed by atoms with E-state index in [1.165, 1.54) is 50.4 Å². The SMILES string of the molecule is COC(=O)c1ccc(C(=O)N/N=C(/C)c2c(C)[nH]n(-c3cccc(C(F)(F)F)c3)c2=O)cc1. The van der Waals surface area contributed by atoms with Gasteiger partial charge in [0, 0.05) is 11.3 Å². The van der Waals surface area contributed by atoms with Crippen LogP contribution in [0, 0.1) is 6.92 Å². The fourth-order valence-corrected chi connectivity index (χ4v) is 3.11. The lowest BCUT2D eigenvalue weighted by Crippen LogP contribution is -2.23. The molecule has 0 saturated heterocycles. The number of benzene rings is 2. The number of H-pyrrole nitrogens is 1. The Hall–Kier alpha value is -4.15. The highest BCUT2D eigenvalue weighted by Crippen LogP contribution is 2.30. The van der Waals surface area contributed by atoms with Gasteiger partial charge in [0.2, 0.25) is 0 Å². The predicted molar refractivity (Wildman–Crippen MR) is 114 cm³/mol. The molecular formula is C22H19F3N4O4. The van der Waals surface area contributed by atoms with Gasteiger partial charge in [0.15, 0.2) is 0 Å². The van der Waals surface area contributed by atoms with Crippen molar-refractivity contribution in [3.8, 4) is 5.69 Å². The molecule has 0 saturated carbocycles. The molecule has 0 radical (unpaired) electrons. The third kappa shape index (κ3) is 5.03. The van der Waals surface area contributed by atoms with E-state index in [-0.39, 0.29) is 28.1 Å². The van der Waals surface area contributed by atoms with E-state index in [1.807, 2.05) is 0 Å². The summed E-state index contributed by atoms with van der Waals surface area (Å²) in [5.74, 6) is -1.13. The molecule has 0 aliphatic rings. The maximum Gasteiger partial charge on any atom is 0.416 e. The number of aromatic nitrogens is 2. The fraction of sp³-hybridized carbons (Fsp3) is 0.182. The first kappa shape index (κ1) is 23.5. The van der Waals surface area contributed by atoms with Gasteiger partial charge in [-0.15, -0.1) is 0 Å². The van der Waals surface area contributed by atoms with E-state index in [0.29, 0.717) is 5.69 Å². The highest BCUT2D eigenvalue weighted by atomic mass is 19.4. The Morgan fingerprint density at radius 1 is 1.09 bits per heavy atom. The molecule has 0 aliphatic carbocycles. The maximum absolute atomic E-state index is 13.0. The van der Waals surface area contributed by atoms with Crippen molar-refractivity contribution in [3.63, 3.8) is 0 Å². The third-order valence-corrected chi connectivity index (χ3v) is 4.76. The van der Waals surface area contributed by atoms with Crippen LogP contribution in [-0.4, -0.2) is 34.5 Å². The van der Waals surface area contributed by atoms with Crippen molar-refractivity contribution in [1.82, 2.24) is 15.2 Å². The second kappa shape index (κ2) is 9.15. The number of alkyl halides is 3. The molecular weight excluding hydrogens is 441 g/mol. The monoisotopic (exact) mass is 460 g/mol. The van der Waals surface area contributed by atoms with Crippen LogP contribution in [0.2, 0.25) is 0 Å². The number of ether oxygens (including phenoxy) is 1. The average Bonchev–Trinajstić information content (AvgIpc) is 3.10. The molecule has 1 heterocycles. The van der Waals surface area contributed by atoms with Gasteiger partial charge >= 0.3 is 12.1 Å². The van der Waals surface area contributed by atoms with Crippen LogP contribution < -0.4 is 11.0 Å². The van der Waals surface area contributed by atoms with Crippen molar-refractivity contribution in [2.75, 3.05) is 7.11 Å². The number of amides is 1. The molecule has 172 valence electrons. The molecule has 2 aromatic carbocycles. The third-order valence-electron chi connectivity index (χ3n) is 4.76. The number of esters is 1. The Morgan fingerprint density at radius 2 is 1.73 bits per heavy atom. The van der Waals surface area contributed by atoms with Crippen molar-refractivity contribution in [2.45, 2.75) is 20.0 Å². The molecule has 0 atom stereocenters. The van der Waals surface area contributed by atoms with Gasteiger partial charge < -0.3 is 4.74 Å². The lowest BCUT2D eigenvalue weighted by atomic mass is 10.1. The number of aromatic amines is 1. The summed E-state index contributed by atoms with van der Waals surface area (Å²) in [5.41, 5.74) is 1.91. The van der Waals surface area contributed by atoms with Crippen molar-refractivity contribution in [1.29, 1.82) is 0 Å². The van der Waals surface area contributed by atoms with Gasteiger partial charge in [-0.2, -0.15) is 18.3 Å². The lowest BCUT2D eigenvalue weighted by Gasteiger charge is -2.08. The number of aryl methyl sites for hydroxylation is 1. The van der Waals surface area contributed by atoms with Crippen LogP contribution in [0.5, 0.6) is 0 Å². The number of halogens is 3. The summed E-state index contributed by atoms with van der Waals surface area (Å²) < 4.78 is 44.6. The average molecular weight is 460 g/mol. The van der Waals surface area contributed by atoms with Crippen LogP contribution in [0.4, 0.5) is 13.2 Å². The molecule has 0 aliphatic heterocycles. The first-order valence-electron chi connectivity index (χ1n) is 9.55. The Morgan fingerprint density at radius 3 is 2.33 bits per heavy atom. The number of rotatable bonds is 5. The van der Waals surface area contributed by atoms with Crippen LogP contribution >= 0.6 is 0 Å². The van der Waals surface area contributed by atoms with Crippen LogP contribution in [0.15, 0.2) is 58.4 Å². The lowest BCUT2D eigenvalue weighted by molar-refractivity contribution is -0.137. The van der Waals surface area contributed by atoms with E-state index < -0.39 is 29.2 Å². The molecule has 0 spiro atoms. The number of methoxy groups -OCH3 is 1. The highest BCUT2D eigenvalue weighted by Gasteiger charge is 2.30. The van der Waals surface area contributed by atoms with E-state index in [4.69, 9.17) is 0 Å². The standard InChI is InChI=1S/C22H19F3N4O4/c1-12(26-27-19(30)14-7-9-15(10-8-14)21(32)33-3)18-13(2)28-29(20(18)31)17-6-4-5-16(11-17)22(23,24)25/h4-11,28H,1-3H3,(H,27,30)/b26-12-. The fourth-order valence-electron chi connectivity index (χ4n) is 3.11. The number of hydrogen-bond acceptors (Lipinski definition) is 5. The number of nitrogens with one attached hydrogen (secondary N) is 2. The number of hydrazone groups is 1. The van der Waals surface area contributed by atoms with E-state index in [1.54, 1.807) is 6.92 Å². The molecule has 3 aromatic rings. The first-order chi connectivity index (χ1) is 15.5. The van der Waals surface area contributed by atoms with Crippen LogP contribution in [0.25, 0.3) is 5.69 Å². The summed E-state index contributed by atoms with van der Waals surface area (Å²) in [6, 6.07) is 9.99. The minimum atomic E-state index is -4.55. The Kier molecular flexibility index (Phi) is 6.52. The van der Waals surface area contributed by atoms with E-state index >= 15 is 0 Å². The molecule has 2 N–H and O–H groups in total. The molecule has 3 rings (SSSR count). The molecule has 33 heavy (non-hydrogen) atoms. The number of nitrogens with zero attached hydrogens (tertiary/aromatic N) is 2. The van der Waals surface area contributed by atoms with Crippen LogP contribution in [-0.2, 0) is 10.9 Å². The summed E-state index contributed by atoms with van der Waals surface area (Å²) >= 11 is 0. The summed E-state index contributed by atoms with van der Waals surface area (Å²) in [4.78, 5) is 36.6. The first-order valence-corrected chi connectivity index (χ1v) is 9.55. The molecule has 0 bridgehead atoms. The largest absolute Gasteiger partial charge is 0.465 e. The quantitative estimate of drug-likeness (QED) is 0.346. The highest BCUT2D eigenvalue weighted by molar-refractivity contribution is 6.01. The smallest absolute Gasteiger partial charge is 0.416 e. The topological polar surface area (TPSA) is 106 Å². The maximum atomic E-state index is 13.0. The molecule has 0 fully saturated rings. The molecule has 1 aromatic heterocycles. The molecule has 0 unspecified atom stereocenters. The van der Waals surface area contributed by atoms with Gasteiger partial charge in [-0.05, 0) is 56.3 Å². The minimum absolute atomic E-state index is 0.00621. The van der Waals surface area contributed by atoms with Crippen molar-refractivity contribution >= 4 is 17.6 Å². The zero-order valence-electron chi connectivity index (χ0n) is 17.8. The summed E-state index contributed by atoms with van der Waals surface area (Å²) in [6.45, 7) is 3.04. The Labute approximate surface area is 185 Å². The Balaban J connectivity index is 1.84. The zero-order valence-corrected chi connectivity index (χ0v) is 17.8. The number of hydrogen-bond donors (Lipinski definition) is 2. The Bertz CT molecular complexity index is 1290. The van der Waals surface area contributed by atoms with Gasteiger partial charge in [-0.25, -0.2) is 14.9 Å². The van der Waals surface area contributed by atoms with E-state index in [2.05, 4.69) is 20.4 Å². The molecule has 1 amide bonds. The normalized spacial score (nSPS) is 11.9. The van der Waals surface area contributed by atoms with Crippen molar-refractivity contribution in [2.24, 2.45) is 5.10 Å². The summed E-state index contributed by atoms with van der Waals surface area (Å²) in [6.07, 6.45) is -4.55. The molecule has 8 nitrogen and oxygen atoms in total. The van der Waals surface area contributed by atoms with Gasteiger partial charge in [0.1, 0.15) is 0 Å². The minimum Gasteiger partial charge on any atom is -0.465 e. The predicted octanol–water partition coefficient (Wildman–Crippen LogP) is 3.43. The van der Waals surface area contributed by atoms with Gasteiger partial charge in [-0.3, -0.25) is 14.7 Å². The van der Waals surface area contributed by atoms with Crippen molar-refractivity contribution in [3.05, 3.63) is 86.8 Å². The van der Waals surface area contributed by atoms with Crippen molar-refractivity contribution < 1.29 is 27.5 Å². The summed E-state index contributed by atoms with van der Waals surface area (Å²) in [7, 11) is 1.24. The van der Waals surface area contributed by atoms with E-state index in [0.717, 1.165) is 16.8 Å².